The Hall–Kier alpha value is -8.58. The van der Waals surface area contributed by atoms with Crippen LogP contribution in [0.5, 0.6) is 0 Å². The van der Waals surface area contributed by atoms with Gasteiger partial charge in [-0.3, -0.25) is 0 Å². The maximum absolute atomic E-state index is 2.35. The molecule has 0 nitrogen and oxygen atoms in total. The van der Waals surface area contributed by atoms with Crippen LogP contribution in [-0.2, 0) is 0 Å². The Morgan fingerprint density at radius 3 is 1.29 bits per heavy atom. The Balaban J connectivity index is 0.000000127. The van der Waals surface area contributed by atoms with Crippen molar-refractivity contribution in [3.05, 3.63) is 270 Å². The van der Waals surface area contributed by atoms with Crippen LogP contribution in [0.25, 0.3) is 115 Å². The highest BCUT2D eigenvalue weighted by molar-refractivity contribution is 6.26. The molecule has 0 heterocycles. The Morgan fingerprint density at radius 1 is 0.312 bits per heavy atom. The van der Waals surface area contributed by atoms with E-state index in [1.807, 2.05) is 27.7 Å². The fourth-order valence-corrected chi connectivity index (χ4v) is 11.6. The van der Waals surface area contributed by atoms with Crippen LogP contribution in [0.15, 0.2) is 237 Å². The number of hydrogen-bond acceptors (Lipinski definition) is 0. The molecule has 1 unspecified atom stereocenters. The van der Waals surface area contributed by atoms with Crippen LogP contribution >= 0.6 is 0 Å². The minimum atomic E-state index is 0.579. The molecule has 1 aliphatic carbocycles. The van der Waals surface area contributed by atoms with E-state index >= 15 is 0 Å². The SMILES string of the molecule is CC.CC.Cc1ccc(-c2c3ccccc3c(-c3ccccc3)c3ccccc23)cc1.Cc1ccc(-c2cc3ccccc3c3c2C=CCC3C)cc1.Cc1ccc(-c2ccc3ccc4cc(C)cc5ccc2c3c45)cc1. The molecule has 0 saturated heterocycles. The highest BCUT2D eigenvalue weighted by Crippen LogP contribution is 2.45. The molecule has 0 bridgehead atoms. The van der Waals surface area contributed by atoms with Crippen LogP contribution in [0.1, 0.15) is 80.3 Å². The van der Waals surface area contributed by atoms with E-state index in [9.17, 15) is 0 Å². The number of allylic oxidation sites excluding steroid dienone is 1. The van der Waals surface area contributed by atoms with E-state index in [1.165, 1.54) is 143 Å². The first-order chi connectivity index (χ1) is 37.8. The number of aryl methyl sites for hydroxylation is 4. The third-order valence-corrected chi connectivity index (χ3v) is 15.2. The average molecular weight is 995 g/mol. The minimum Gasteiger partial charge on any atom is -0.0833 e. The largest absolute Gasteiger partial charge is 0.0833 e. The first-order valence-corrected chi connectivity index (χ1v) is 27.9. The van der Waals surface area contributed by atoms with Crippen LogP contribution in [0.4, 0.5) is 0 Å². The van der Waals surface area contributed by atoms with Crippen LogP contribution < -0.4 is 0 Å². The average Bonchev–Trinajstić information content (AvgIpc) is 3.51. The zero-order valence-electron chi connectivity index (χ0n) is 46.4. The van der Waals surface area contributed by atoms with Crippen molar-refractivity contribution >= 4 is 70.7 Å². The van der Waals surface area contributed by atoms with Gasteiger partial charge in [0, 0.05) is 0 Å². The molecule has 0 amide bonds. The topological polar surface area (TPSA) is 0 Å². The van der Waals surface area contributed by atoms with Crippen LogP contribution in [0.3, 0.4) is 0 Å². The van der Waals surface area contributed by atoms with Crippen molar-refractivity contribution in [3.8, 4) is 44.5 Å². The summed E-state index contributed by atoms with van der Waals surface area (Å²) in [7, 11) is 0. The number of benzene rings is 13. The zero-order chi connectivity index (χ0) is 53.6. The van der Waals surface area contributed by atoms with E-state index < -0.39 is 0 Å². The molecule has 0 radical (unpaired) electrons. The van der Waals surface area contributed by atoms with Gasteiger partial charge < -0.3 is 0 Å². The van der Waals surface area contributed by atoms with E-state index in [0.29, 0.717) is 5.92 Å². The lowest BCUT2D eigenvalue weighted by atomic mass is 9.81. The molecule has 1 atom stereocenters. The number of fused-ring (bicyclic) bond motifs is 5. The summed E-state index contributed by atoms with van der Waals surface area (Å²) in [6.07, 6.45) is 5.77. The van der Waals surface area contributed by atoms with Gasteiger partial charge in [-0.25, -0.2) is 0 Å². The lowest BCUT2D eigenvalue weighted by Gasteiger charge is -2.23. The van der Waals surface area contributed by atoms with Gasteiger partial charge in [-0.15, -0.1) is 0 Å². The molecule has 0 spiro atoms. The molecule has 0 N–H and O–H groups in total. The highest BCUT2D eigenvalue weighted by Gasteiger charge is 2.21. The molecule has 378 valence electrons. The van der Waals surface area contributed by atoms with E-state index in [-0.39, 0.29) is 0 Å². The summed E-state index contributed by atoms with van der Waals surface area (Å²) < 4.78 is 0. The third kappa shape index (κ3) is 10.3. The van der Waals surface area contributed by atoms with Crippen molar-refractivity contribution < 1.29 is 0 Å². The van der Waals surface area contributed by atoms with Gasteiger partial charge in [-0.2, -0.15) is 0 Å². The fraction of sp³-hybridized carbons (Fsp3) is 0.143. The molecule has 13 aromatic rings. The number of hydrogen-bond donors (Lipinski definition) is 0. The monoisotopic (exact) mass is 995 g/mol. The van der Waals surface area contributed by atoms with Crippen molar-refractivity contribution in [2.75, 3.05) is 0 Å². The first kappa shape index (κ1) is 51.9. The molecule has 0 saturated carbocycles. The minimum absolute atomic E-state index is 0.579. The summed E-state index contributed by atoms with van der Waals surface area (Å²) in [6.45, 7) is 18.9. The number of rotatable bonds is 4. The second-order valence-electron chi connectivity index (χ2n) is 20.3. The molecule has 0 fully saturated rings. The maximum Gasteiger partial charge on any atom is -0.00206 e. The lowest BCUT2D eigenvalue weighted by molar-refractivity contribution is 0.779. The van der Waals surface area contributed by atoms with Gasteiger partial charge in [-0.1, -0.05) is 288 Å². The smallest absolute Gasteiger partial charge is 0.00206 e. The van der Waals surface area contributed by atoms with Gasteiger partial charge in [0.25, 0.3) is 0 Å². The first-order valence-electron chi connectivity index (χ1n) is 27.9. The summed E-state index contributed by atoms with van der Waals surface area (Å²) in [5.74, 6) is 0.579. The summed E-state index contributed by atoms with van der Waals surface area (Å²) in [5, 5.41) is 16.1. The summed E-state index contributed by atoms with van der Waals surface area (Å²) in [6, 6.07) is 84.2. The molecular formula is C77H70. The maximum atomic E-state index is 2.35. The third-order valence-electron chi connectivity index (χ3n) is 15.2. The van der Waals surface area contributed by atoms with Crippen LogP contribution in [-0.4, -0.2) is 0 Å². The van der Waals surface area contributed by atoms with Gasteiger partial charge in [0.2, 0.25) is 0 Å². The molecule has 0 aromatic heterocycles. The summed E-state index contributed by atoms with van der Waals surface area (Å²) in [5.41, 5.74) is 18.6. The van der Waals surface area contributed by atoms with E-state index in [4.69, 9.17) is 0 Å². The predicted octanol–water partition coefficient (Wildman–Crippen LogP) is 22.9. The molecule has 14 rings (SSSR count). The Kier molecular flexibility index (Phi) is 15.6. The van der Waals surface area contributed by atoms with Gasteiger partial charge in [0.15, 0.2) is 0 Å². The Labute approximate surface area is 457 Å². The Morgan fingerprint density at radius 2 is 0.740 bits per heavy atom. The van der Waals surface area contributed by atoms with Crippen LogP contribution in [0, 0.1) is 27.7 Å². The molecule has 13 aromatic carbocycles. The summed E-state index contributed by atoms with van der Waals surface area (Å²) >= 11 is 0. The molecule has 1 aliphatic rings. The quantitative estimate of drug-likeness (QED) is 0.122. The standard InChI is InChI=1S/C27H20.C24H18.C22H20.2C2H6/c1-19-15-17-21(18-16-19)27-24-13-7-5-11-22(24)26(20-9-3-2-4-10-20)23-12-6-8-14-25(23)27;1-15-3-5-17(6-4-15)21-11-9-18-7-8-19-13-16(2)14-20-10-12-22(21)24(18)23(19)20;1-15-10-12-17(13-11-15)21-14-18-7-3-4-8-19(18)22-16(2)6-5-9-20(21)22;2*1-2/h2-18H,1H3;3-14H,1-2H3;3-5,7-14,16H,6H2,1-2H3;2*1-2H3. The van der Waals surface area contributed by atoms with Crippen molar-refractivity contribution in [2.45, 2.75) is 74.7 Å². The van der Waals surface area contributed by atoms with Crippen molar-refractivity contribution in [1.29, 1.82) is 0 Å². The van der Waals surface area contributed by atoms with E-state index in [2.05, 4.69) is 277 Å². The van der Waals surface area contributed by atoms with Gasteiger partial charge in [0.05, 0.1) is 0 Å². The molecular weight excluding hydrogens is 925 g/mol. The van der Waals surface area contributed by atoms with E-state index in [0.717, 1.165) is 6.42 Å². The predicted molar refractivity (Wildman–Crippen MR) is 341 cm³/mol. The van der Waals surface area contributed by atoms with Gasteiger partial charge in [-0.05, 0) is 172 Å². The van der Waals surface area contributed by atoms with Crippen molar-refractivity contribution in [1.82, 2.24) is 0 Å². The highest BCUT2D eigenvalue weighted by atomic mass is 14.2. The Bertz CT molecular complexity index is 4100. The van der Waals surface area contributed by atoms with E-state index in [1.54, 1.807) is 0 Å². The van der Waals surface area contributed by atoms with Crippen molar-refractivity contribution in [3.63, 3.8) is 0 Å². The second kappa shape index (κ2) is 23.1. The summed E-state index contributed by atoms with van der Waals surface area (Å²) in [4.78, 5) is 0. The van der Waals surface area contributed by atoms with Crippen molar-refractivity contribution in [2.24, 2.45) is 0 Å². The molecule has 0 heteroatoms. The van der Waals surface area contributed by atoms with Crippen LogP contribution in [0.2, 0.25) is 0 Å². The molecule has 77 heavy (non-hydrogen) atoms. The fourth-order valence-electron chi connectivity index (χ4n) is 11.6. The lowest BCUT2D eigenvalue weighted by Crippen LogP contribution is -2.03. The normalized spacial score (nSPS) is 12.5. The second-order valence-corrected chi connectivity index (χ2v) is 20.3. The zero-order valence-corrected chi connectivity index (χ0v) is 46.4. The van der Waals surface area contributed by atoms with Gasteiger partial charge in [0.1, 0.15) is 0 Å². The molecule has 0 aliphatic heterocycles. The van der Waals surface area contributed by atoms with Gasteiger partial charge >= 0.3 is 0 Å².